The van der Waals surface area contributed by atoms with Crippen molar-refractivity contribution >= 4 is 17.6 Å². The third-order valence-corrected chi connectivity index (χ3v) is 4.90. The molecule has 1 aliphatic rings. The fraction of sp³-hybridized carbons (Fsp3) is 0.364. The second-order valence-corrected chi connectivity index (χ2v) is 6.80. The van der Waals surface area contributed by atoms with Gasteiger partial charge in [-0.15, -0.1) is 0 Å². The molecular formula is C22H25NO6. The normalized spacial score (nSPS) is 13.6. The summed E-state index contributed by atoms with van der Waals surface area (Å²) in [6.07, 6.45) is 0. The Hall–Kier alpha value is -3.06. The predicted molar refractivity (Wildman–Crippen MR) is 107 cm³/mol. The average molecular weight is 399 g/mol. The van der Waals surface area contributed by atoms with E-state index in [1.54, 1.807) is 12.1 Å². The van der Waals surface area contributed by atoms with E-state index in [-0.39, 0.29) is 11.1 Å². The molecule has 3 rings (SSSR count). The van der Waals surface area contributed by atoms with Crippen molar-refractivity contribution in [3.8, 4) is 5.75 Å². The van der Waals surface area contributed by atoms with Crippen molar-refractivity contribution in [2.45, 2.75) is 6.61 Å². The first kappa shape index (κ1) is 20.7. The Morgan fingerprint density at radius 2 is 1.66 bits per heavy atom. The van der Waals surface area contributed by atoms with Gasteiger partial charge in [0.25, 0.3) is 0 Å². The van der Waals surface area contributed by atoms with Crippen LogP contribution in [0, 0.1) is 5.92 Å². The van der Waals surface area contributed by atoms with Crippen LogP contribution in [-0.4, -0.2) is 53.0 Å². The highest BCUT2D eigenvalue weighted by molar-refractivity contribution is 6.06. The van der Waals surface area contributed by atoms with E-state index in [0.29, 0.717) is 24.9 Å². The maximum absolute atomic E-state index is 12.3. The Morgan fingerprint density at radius 1 is 0.966 bits per heavy atom. The van der Waals surface area contributed by atoms with E-state index < -0.39 is 11.9 Å². The van der Waals surface area contributed by atoms with Crippen molar-refractivity contribution in [1.82, 2.24) is 0 Å². The lowest BCUT2D eigenvalue weighted by atomic mass is 9.97. The van der Waals surface area contributed by atoms with Crippen LogP contribution in [0.5, 0.6) is 5.75 Å². The standard InChI is InChI=1S/C22H25NO6/c1-26-20-18(10-9-17(21(24)27-2)19(20)22(25)28-3)23-11-16(12-23)14-29-13-15-7-5-4-6-8-15/h4-10,16H,11-14H2,1-3H3. The van der Waals surface area contributed by atoms with Crippen molar-refractivity contribution in [2.24, 2.45) is 5.92 Å². The van der Waals surface area contributed by atoms with Crippen LogP contribution in [0.4, 0.5) is 5.69 Å². The quantitative estimate of drug-likeness (QED) is 0.632. The van der Waals surface area contributed by atoms with Crippen LogP contribution in [0.15, 0.2) is 42.5 Å². The monoisotopic (exact) mass is 399 g/mol. The van der Waals surface area contributed by atoms with Gasteiger partial charge in [0, 0.05) is 19.0 Å². The van der Waals surface area contributed by atoms with Gasteiger partial charge in [-0.1, -0.05) is 30.3 Å². The van der Waals surface area contributed by atoms with Crippen LogP contribution in [0.2, 0.25) is 0 Å². The smallest absolute Gasteiger partial charge is 0.342 e. The summed E-state index contributed by atoms with van der Waals surface area (Å²) in [4.78, 5) is 26.5. The van der Waals surface area contributed by atoms with Gasteiger partial charge >= 0.3 is 11.9 Å². The van der Waals surface area contributed by atoms with Gasteiger partial charge in [0.1, 0.15) is 5.56 Å². The zero-order valence-electron chi connectivity index (χ0n) is 16.8. The SMILES string of the molecule is COC(=O)c1ccc(N2CC(COCc3ccccc3)C2)c(OC)c1C(=O)OC. The highest BCUT2D eigenvalue weighted by Gasteiger charge is 2.33. The molecule has 29 heavy (non-hydrogen) atoms. The number of methoxy groups -OCH3 is 3. The van der Waals surface area contributed by atoms with Gasteiger partial charge in [-0.2, -0.15) is 0 Å². The number of benzene rings is 2. The first-order chi connectivity index (χ1) is 14.1. The van der Waals surface area contributed by atoms with E-state index in [1.165, 1.54) is 21.3 Å². The molecule has 0 radical (unpaired) electrons. The van der Waals surface area contributed by atoms with Crippen LogP contribution >= 0.6 is 0 Å². The summed E-state index contributed by atoms with van der Waals surface area (Å²) in [6.45, 7) is 2.77. The molecule has 0 bridgehead atoms. The van der Waals surface area contributed by atoms with E-state index in [2.05, 4.69) is 4.90 Å². The molecule has 7 nitrogen and oxygen atoms in total. The van der Waals surface area contributed by atoms with Crippen molar-refractivity contribution in [3.05, 3.63) is 59.2 Å². The second-order valence-electron chi connectivity index (χ2n) is 6.80. The number of anilines is 1. The third-order valence-electron chi connectivity index (χ3n) is 4.90. The van der Waals surface area contributed by atoms with Gasteiger partial charge in [0.05, 0.1) is 45.8 Å². The first-order valence-corrected chi connectivity index (χ1v) is 9.33. The number of nitrogens with zero attached hydrogens (tertiary/aromatic N) is 1. The minimum atomic E-state index is -0.646. The van der Waals surface area contributed by atoms with Gasteiger partial charge in [-0.05, 0) is 17.7 Å². The van der Waals surface area contributed by atoms with Gasteiger partial charge in [-0.3, -0.25) is 0 Å². The summed E-state index contributed by atoms with van der Waals surface area (Å²) in [5, 5.41) is 0. The second kappa shape index (κ2) is 9.43. The van der Waals surface area contributed by atoms with E-state index in [1.807, 2.05) is 30.3 Å². The maximum Gasteiger partial charge on any atom is 0.342 e. The fourth-order valence-corrected chi connectivity index (χ4v) is 3.40. The molecule has 2 aromatic carbocycles. The number of carbonyl (C=O) groups is 2. The number of ether oxygens (including phenoxy) is 4. The van der Waals surface area contributed by atoms with E-state index in [0.717, 1.165) is 24.3 Å². The zero-order valence-corrected chi connectivity index (χ0v) is 16.8. The minimum Gasteiger partial charge on any atom is -0.494 e. The van der Waals surface area contributed by atoms with Crippen LogP contribution in [0.1, 0.15) is 26.3 Å². The van der Waals surface area contributed by atoms with Crippen LogP contribution < -0.4 is 9.64 Å². The lowest BCUT2D eigenvalue weighted by Gasteiger charge is -2.41. The molecule has 7 heteroatoms. The third kappa shape index (κ3) is 4.51. The van der Waals surface area contributed by atoms with Gasteiger partial charge in [-0.25, -0.2) is 9.59 Å². The lowest BCUT2D eigenvalue weighted by Crippen LogP contribution is -2.49. The number of rotatable bonds is 8. The highest BCUT2D eigenvalue weighted by atomic mass is 16.5. The summed E-state index contributed by atoms with van der Waals surface area (Å²) < 4.78 is 20.9. The fourth-order valence-electron chi connectivity index (χ4n) is 3.40. The Bertz CT molecular complexity index is 861. The number of hydrogen-bond donors (Lipinski definition) is 0. The highest BCUT2D eigenvalue weighted by Crippen LogP contribution is 2.38. The molecule has 154 valence electrons. The van der Waals surface area contributed by atoms with Gasteiger partial charge in [0.2, 0.25) is 0 Å². The minimum absolute atomic E-state index is 0.0723. The van der Waals surface area contributed by atoms with Crippen molar-refractivity contribution in [2.75, 3.05) is 45.9 Å². The molecule has 1 heterocycles. The molecule has 0 aromatic heterocycles. The molecule has 0 N–H and O–H groups in total. The molecule has 0 aliphatic carbocycles. The van der Waals surface area contributed by atoms with Gasteiger partial charge < -0.3 is 23.8 Å². The molecule has 0 amide bonds. The van der Waals surface area contributed by atoms with Gasteiger partial charge in [0.15, 0.2) is 5.75 Å². The van der Waals surface area contributed by atoms with E-state index in [4.69, 9.17) is 18.9 Å². The molecule has 2 aromatic rings. The first-order valence-electron chi connectivity index (χ1n) is 9.33. The Balaban J connectivity index is 1.68. The summed E-state index contributed by atoms with van der Waals surface area (Å²) >= 11 is 0. The predicted octanol–water partition coefficient (Wildman–Crippen LogP) is 2.92. The number of carbonyl (C=O) groups excluding carboxylic acids is 2. The average Bonchev–Trinajstić information content (AvgIpc) is 2.74. The lowest BCUT2D eigenvalue weighted by molar-refractivity contribution is 0.0552. The van der Waals surface area contributed by atoms with E-state index >= 15 is 0 Å². The molecule has 1 saturated heterocycles. The molecule has 0 atom stereocenters. The molecule has 1 aliphatic heterocycles. The zero-order chi connectivity index (χ0) is 20.8. The van der Waals surface area contributed by atoms with Crippen molar-refractivity contribution in [1.29, 1.82) is 0 Å². The maximum atomic E-state index is 12.3. The molecule has 0 spiro atoms. The molecule has 0 saturated carbocycles. The van der Waals surface area contributed by atoms with Crippen LogP contribution in [0.3, 0.4) is 0 Å². The molecule has 0 unspecified atom stereocenters. The largest absolute Gasteiger partial charge is 0.494 e. The summed E-state index contributed by atoms with van der Waals surface area (Å²) in [5.74, 6) is -0.577. The van der Waals surface area contributed by atoms with Crippen molar-refractivity contribution < 1.29 is 28.5 Å². The number of esters is 2. The van der Waals surface area contributed by atoms with Crippen LogP contribution in [-0.2, 0) is 20.8 Å². The number of hydrogen-bond acceptors (Lipinski definition) is 7. The Labute approximate surface area is 170 Å². The molecular weight excluding hydrogens is 374 g/mol. The van der Waals surface area contributed by atoms with Crippen molar-refractivity contribution in [3.63, 3.8) is 0 Å². The summed E-state index contributed by atoms with van der Waals surface area (Å²) in [6, 6.07) is 13.4. The van der Waals surface area contributed by atoms with Crippen LogP contribution in [0.25, 0.3) is 0 Å². The summed E-state index contributed by atoms with van der Waals surface area (Å²) in [7, 11) is 3.99. The van der Waals surface area contributed by atoms with E-state index in [9.17, 15) is 9.59 Å². The Kier molecular flexibility index (Phi) is 6.72. The summed E-state index contributed by atoms with van der Waals surface area (Å²) in [5.41, 5.74) is 2.07. The Morgan fingerprint density at radius 3 is 2.28 bits per heavy atom. The molecule has 1 fully saturated rings. The topological polar surface area (TPSA) is 74.3 Å².